The van der Waals surface area contributed by atoms with E-state index in [1.165, 1.54) is 0 Å². The van der Waals surface area contributed by atoms with Crippen molar-refractivity contribution in [3.8, 4) is 5.75 Å². The summed E-state index contributed by atoms with van der Waals surface area (Å²) in [5.74, 6) is 2.60. The Morgan fingerprint density at radius 2 is 1.97 bits per heavy atom. The number of guanidine groups is 1. The predicted molar refractivity (Wildman–Crippen MR) is 138 cm³/mol. The molecule has 0 fully saturated rings. The van der Waals surface area contributed by atoms with Gasteiger partial charge in [0.05, 0.1) is 17.6 Å². The zero-order chi connectivity index (χ0) is 21.0. The number of H-pyrrole nitrogens is 1. The van der Waals surface area contributed by atoms with Crippen molar-refractivity contribution in [2.45, 2.75) is 26.2 Å². The Kier molecular flexibility index (Phi) is 11.2. The van der Waals surface area contributed by atoms with Crippen molar-refractivity contribution in [1.29, 1.82) is 0 Å². The van der Waals surface area contributed by atoms with E-state index in [-0.39, 0.29) is 24.0 Å². The summed E-state index contributed by atoms with van der Waals surface area (Å²) in [6, 6.07) is 16.0. The second kappa shape index (κ2) is 13.9. The predicted octanol–water partition coefficient (Wildman–Crippen LogP) is 4.61. The topological polar surface area (TPSA) is 83.6 Å². The van der Waals surface area contributed by atoms with Crippen LogP contribution in [-0.2, 0) is 11.2 Å². The van der Waals surface area contributed by atoms with Crippen molar-refractivity contribution in [2.24, 2.45) is 4.99 Å². The third-order valence-electron chi connectivity index (χ3n) is 4.48. The second-order valence-electron chi connectivity index (χ2n) is 6.91. The van der Waals surface area contributed by atoms with Gasteiger partial charge in [0.25, 0.3) is 0 Å². The molecular weight excluding hydrogens is 505 g/mol. The number of aromatic nitrogens is 2. The van der Waals surface area contributed by atoms with Crippen molar-refractivity contribution in [3.05, 3.63) is 54.4 Å². The van der Waals surface area contributed by atoms with Crippen LogP contribution in [0.5, 0.6) is 5.75 Å². The number of rotatable bonds is 11. The number of nitrogens with one attached hydrogen (secondary N) is 3. The maximum absolute atomic E-state index is 5.77. The number of fused-ring (bicyclic) bond motifs is 1. The Bertz CT molecular complexity index is 911. The van der Waals surface area contributed by atoms with Crippen molar-refractivity contribution < 1.29 is 9.47 Å². The number of imidazole rings is 1. The zero-order valence-corrected chi connectivity index (χ0v) is 20.5. The first-order valence-electron chi connectivity index (χ1n) is 10.5. The smallest absolute Gasteiger partial charge is 0.195 e. The minimum absolute atomic E-state index is 0. The molecule has 1 heterocycles. The molecule has 0 aliphatic rings. The van der Waals surface area contributed by atoms with Crippen LogP contribution in [0.1, 0.15) is 25.6 Å². The third-order valence-corrected chi connectivity index (χ3v) is 4.48. The fourth-order valence-electron chi connectivity index (χ4n) is 3.06. The molecule has 3 N–H and O–H groups in total. The number of benzene rings is 2. The fourth-order valence-corrected chi connectivity index (χ4v) is 3.06. The number of aliphatic imine (C=N–C) groups is 1. The molecule has 0 aliphatic carbocycles. The molecule has 0 unspecified atom stereocenters. The fraction of sp³-hybridized carbons (Fsp3) is 0.391. The number of para-hydroxylation sites is 2. The lowest BCUT2D eigenvalue weighted by atomic mass is 10.3. The van der Waals surface area contributed by atoms with E-state index in [2.05, 4.69) is 32.5 Å². The second-order valence-corrected chi connectivity index (χ2v) is 6.91. The number of ether oxygens (including phenoxy) is 2. The number of methoxy groups -OCH3 is 1. The van der Waals surface area contributed by atoms with Gasteiger partial charge in [-0.25, -0.2) is 4.98 Å². The highest BCUT2D eigenvalue weighted by molar-refractivity contribution is 14.0. The molecule has 7 nitrogen and oxygen atoms in total. The van der Waals surface area contributed by atoms with Crippen LogP contribution in [0.4, 0.5) is 5.69 Å². The molecule has 3 rings (SSSR count). The van der Waals surface area contributed by atoms with Crippen LogP contribution in [0.25, 0.3) is 11.0 Å². The van der Waals surface area contributed by atoms with E-state index in [1.807, 2.05) is 48.5 Å². The molecule has 0 saturated heterocycles. The average Bonchev–Trinajstić information content (AvgIpc) is 3.18. The monoisotopic (exact) mass is 537 g/mol. The van der Waals surface area contributed by atoms with E-state index < -0.39 is 0 Å². The number of aromatic amines is 1. The average molecular weight is 537 g/mol. The normalized spacial score (nSPS) is 11.2. The van der Waals surface area contributed by atoms with E-state index in [0.717, 1.165) is 60.1 Å². The maximum atomic E-state index is 5.77. The van der Waals surface area contributed by atoms with Gasteiger partial charge < -0.3 is 25.1 Å². The van der Waals surface area contributed by atoms with E-state index in [1.54, 1.807) is 7.11 Å². The lowest BCUT2D eigenvalue weighted by Gasteiger charge is -2.13. The summed E-state index contributed by atoms with van der Waals surface area (Å²) >= 11 is 0. The Morgan fingerprint density at radius 3 is 2.77 bits per heavy atom. The zero-order valence-electron chi connectivity index (χ0n) is 18.2. The van der Waals surface area contributed by atoms with Crippen molar-refractivity contribution >= 4 is 46.7 Å². The summed E-state index contributed by atoms with van der Waals surface area (Å²) in [5.41, 5.74) is 3.03. The molecule has 2 aromatic carbocycles. The summed E-state index contributed by atoms with van der Waals surface area (Å²) in [5, 5.41) is 6.64. The number of halogens is 1. The van der Waals surface area contributed by atoms with Gasteiger partial charge in [-0.15, -0.1) is 24.0 Å². The highest BCUT2D eigenvalue weighted by atomic mass is 127. The summed E-state index contributed by atoms with van der Waals surface area (Å²) in [7, 11) is 1.70. The largest absolute Gasteiger partial charge is 0.493 e. The molecule has 0 saturated carbocycles. The highest BCUT2D eigenvalue weighted by Gasteiger charge is 2.03. The van der Waals surface area contributed by atoms with Crippen LogP contribution in [0, 0.1) is 0 Å². The molecule has 0 amide bonds. The van der Waals surface area contributed by atoms with Gasteiger partial charge >= 0.3 is 0 Å². The molecular formula is C23H32IN5O2. The van der Waals surface area contributed by atoms with Gasteiger partial charge in [0.2, 0.25) is 0 Å². The van der Waals surface area contributed by atoms with Gasteiger partial charge in [0, 0.05) is 51.4 Å². The Balaban J connectivity index is 0.00000341. The lowest BCUT2D eigenvalue weighted by molar-refractivity contribution is 0.172. The molecule has 0 atom stereocenters. The molecule has 1 aromatic heterocycles. The van der Waals surface area contributed by atoms with E-state index in [4.69, 9.17) is 9.47 Å². The Hall–Kier alpha value is -2.33. The van der Waals surface area contributed by atoms with Gasteiger partial charge in [-0.3, -0.25) is 4.99 Å². The summed E-state index contributed by atoms with van der Waals surface area (Å²) in [6.45, 7) is 4.89. The summed E-state index contributed by atoms with van der Waals surface area (Å²) in [4.78, 5) is 12.7. The summed E-state index contributed by atoms with van der Waals surface area (Å²) in [6.07, 6.45) is 2.64. The van der Waals surface area contributed by atoms with E-state index >= 15 is 0 Å². The first kappa shape index (κ1) is 24.9. The third kappa shape index (κ3) is 8.37. The number of hydrogen-bond acceptors (Lipinski definition) is 4. The van der Waals surface area contributed by atoms with Crippen LogP contribution in [0.15, 0.2) is 53.5 Å². The van der Waals surface area contributed by atoms with Crippen LogP contribution >= 0.6 is 24.0 Å². The molecule has 0 aliphatic heterocycles. The Labute approximate surface area is 201 Å². The lowest BCUT2D eigenvalue weighted by Crippen LogP contribution is -2.30. The first-order valence-corrected chi connectivity index (χ1v) is 10.5. The first-order chi connectivity index (χ1) is 14.8. The number of anilines is 1. The minimum atomic E-state index is 0. The van der Waals surface area contributed by atoms with Crippen LogP contribution in [0.2, 0.25) is 0 Å². The number of nitrogens with zero attached hydrogens (tertiary/aromatic N) is 2. The van der Waals surface area contributed by atoms with Crippen LogP contribution in [0.3, 0.4) is 0 Å². The van der Waals surface area contributed by atoms with E-state index in [0.29, 0.717) is 19.8 Å². The van der Waals surface area contributed by atoms with Crippen LogP contribution < -0.4 is 15.4 Å². The van der Waals surface area contributed by atoms with E-state index in [9.17, 15) is 0 Å². The van der Waals surface area contributed by atoms with Crippen molar-refractivity contribution in [2.75, 3.05) is 38.7 Å². The van der Waals surface area contributed by atoms with Gasteiger partial charge in [0.15, 0.2) is 5.96 Å². The maximum Gasteiger partial charge on any atom is 0.195 e. The van der Waals surface area contributed by atoms with Gasteiger partial charge in [-0.1, -0.05) is 18.2 Å². The molecule has 3 aromatic rings. The molecule has 8 heteroatoms. The standard InChI is InChI=1S/C23H31N5O2.HI/c1-3-24-23(26-18-9-6-10-19(17-18)30-16-8-15-29-2)25-14-7-13-22-27-20-11-4-5-12-21(20)28-22;/h4-6,9-12,17H,3,7-8,13-16H2,1-2H3,(H,27,28)(H2,24,25,26);1H. The SMILES string of the molecule is CCNC(=NCCCc1nc2ccccc2[nH]1)Nc1cccc(OCCCOC)c1.I. The quantitative estimate of drug-likeness (QED) is 0.144. The van der Waals surface area contributed by atoms with Gasteiger partial charge in [-0.05, 0) is 37.6 Å². The van der Waals surface area contributed by atoms with Crippen molar-refractivity contribution in [1.82, 2.24) is 15.3 Å². The highest BCUT2D eigenvalue weighted by Crippen LogP contribution is 2.17. The molecule has 0 spiro atoms. The van der Waals surface area contributed by atoms with Crippen LogP contribution in [-0.4, -0.2) is 49.3 Å². The molecule has 0 radical (unpaired) electrons. The number of aryl methyl sites for hydroxylation is 1. The molecule has 0 bridgehead atoms. The van der Waals surface area contributed by atoms with Crippen molar-refractivity contribution in [3.63, 3.8) is 0 Å². The number of hydrogen-bond donors (Lipinski definition) is 3. The summed E-state index contributed by atoms with van der Waals surface area (Å²) < 4.78 is 10.8. The Morgan fingerprint density at radius 1 is 1.10 bits per heavy atom. The molecule has 168 valence electrons. The minimum Gasteiger partial charge on any atom is -0.493 e. The van der Waals surface area contributed by atoms with Gasteiger partial charge in [-0.2, -0.15) is 0 Å². The molecule has 31 heavy (non-hydrogen) atoms. The van der Waals surface area contributed by atoms with Gasteiger partial charge in [0.1, 0.15) is 11.6 Å².